The number of carbonyl (C=O) groups excluding carboxylic acids is 1. The molecule has 0 aliphatic carbocycles. The van der Waals surface area contributed by atoms with E-state index >= 15 is 0 Å². The Kier molecular flexibility index (Phi) is 6.41. The SMILES string of the molecule is CCS(=O)(=O)c1cc(B2OC(C)(C)C(C)(C)O2)cnc1C(=O)N(C)c1nnc(C(F)(F)F)s1. The van der Waals surface area contributed by atoms with E-state index in [4.69, 9.17) is 9.31 Å². The van der Waals surface area contributed by atoms with Crippen molar-refractivity contribution in [2.24, 2.45) is 0 Å². The van der Waals surface area contributed by atoms with Gasteiger partial charge in [0.1, 0.15) is 5.69 Å². The highest BCUT2D eigenvalue weighted by Crippen LogP contribution is 2.37. The lowest BCUT2D eigenvalue weighted by Gasteiger charge is -2.32. The fraction of sp³-hybridized carbons (Fsp3) is 0.556. The first-order chi connectivity index (χ1) is 15.0. The number of amides is 1. The quantitative estimate of drug-likeness (QED) is 0.569. The average Bonchev–Trinajstić information content (AvgIpc) is 3.29. The predicted octanol–water partition coefficient (Wildman–Crippen LogP) is 2.32. The molecule has 1 aliphatic heterocycles. The van der Waals surface area contributed by atoms with Crippen LogP contribution in [0, 0.1) is 0 Å². The zero-order valence-corrected chi connectivity index (χ0v) is 20.4. The molecule has 0 atom stereocenters. The molecule has 15 heteroatoms. The van der Waals surface area contributed by atoms with Gasteiger partial charge in [-0.2, -0.15) is 13.2 Å². The summed E-state index contributed by atoms with van der Waals surface area (Å²) < 4.78 is 75.9. The number of carbonyl (C=O) groups is 1. The van der Waals surface area contributed by atoms with Gasteiger partial charge in [-0.3, -0.25) is 14.7 Å². The average molecular weight is 506 g/mol. The number of sulfone groups is 1. The normalized spacial score (nSPS) is 17.9. The summed E-state index contributed by atoms with van der Waals surface area (Å²) in [5, 5.41) is 4.84. The number of nitrogens with zero attached hydrogens (tertiary/aromatic N) is 4. The maximum atomic E-state index is 13.0. The van der Waals surface area contributed by atoms with E-state index in [1.807, 2.05) is 27.7 Å². The van der Waals surface area contributed by atoms with E-state index in [1.54, 1.807) is 0 Å². The standard InChI is InChI=1S/C18H22BF3N4O5S2/c1-7-33(28,29)11-8-10(19-30-16(2,3)17(4,5)31-19)9-23-12(11)13(27)26(6)15-25-24-14(32-15)18(20,21)22/h8-9H,7H2,1-6H3. The summed E-state index contributed by atoms with van der Waals surface area (Å²) in [7, 11) is -3.71. The Bertz CT molecular complexity index is 1170. The van der Waals surface area contributed by atoms with Crippen LogP contribution < -0.4 is 10.4 Å². The summed E-state index contributed by atoms with van der Waals surface area (Å²) in [6.45, 7) is 8.71. The van der Waals surface area contributed by atoms with E-state index in [0.29, 0.717) is 0 Å². The maximum Gasteiger partial charge on any atom is 0.496 e. The van der Waals surface area contributed by atoms with Crippen LogP contribution in [0.5, 0.6) is 0 Å². The minimum absolute atomic E-state index is 0.154. The molecule has 9 nitrogen and oxygen atoms in total. The molecule has 0 bridgehead atoms. The molecule has 0 aromatic carbocycles. The van der Waals surface area contributed by atoms with Gasteiger partial charge in [0.25, 0.3) is 5.91 Å². The topological polar surface area (TPSA) is 112 Å². The summed E-state index contributed by atoms with van der Waals surface area (Å²) in [6.07, 6.45) is -3.47. The summed E-state index contributed by atoms with van der Waals surface area (Å²) in [6, 6.07) is 1.25. The van der Waals surface area contributed by atoms with Crippen LogP contribution in [0.15, 0.2) is 17.2 Å². The van der Waals surface area contributed by atoms with Crippen LogP contribution in [-0.4, -0.2) is 60.6 Å². The monoisotopic (exact) mass is 506 g/mol. The van der Waals surface area contributed by atoms with Gasteiger partial charge in [-0.15, -0.1) is 10.2 Å². The molecule has 2 aromatic rings. The molecule has 2 aromatic heterocycles. The predicted molar refractivity (Wildman–Crippen MR) is 115 cm³/mol. The molecule has 1 saturated heterocycles. The molecule has 3 rings (SSSR count). The van der Waals surface area contributed by atoms with Gasteiger partial charge in [0.05, 0.1) is 21.9 Å². The minimum Gasteiger partial charge on any atom is -0.399 e. The van der Waals surface area contributed by atoms with E-state index in [1.165, 1.54) is 19.2 Å². The summed E-state index contributed by atoms with van der Waals surface area (Å²) in [4.78, 5) is 17.5. The molecule has 33 heavy (non-hydrogen) atoms. The Morgan fingerprint density at radius 1 is 1.18 bits per heavy atom. The first-order valence-electron chi connectivity index (χ1n) is 9.77. The largest absolute Gasteiger partial charge is 0.496 e. The molecule has 1 fully saturated rings. The number of hydrogen-bond donors (Lipinski definition) is 0. The molecule has 180 valence electrons. The minimum atomic E-state index is -4.72. The molecule has 0 radical (unpaired) electrons. The molecule has 0 saturated carbocycles. The molecular formula is C18H22BF3N4O5S2. The lowest BCUT2D eigenvalue weighted by molar-refractivity contribution is -0.138. The Hall–Kier alpha value is -2.10. The van der Waals surface area contributed by atoms with Gasteiger partial charge in [0.15, 0.2) is 9.84 Å². The zero-order chi connectivity index (χ0) is 25.0. The molecule has 0 spiro atoms. The number of rotatable bonds is 5. The Morgan fingerprint density at radius 3 is 2.24 bits per heavy atom. The molecule has 0 N–H and O–H groups in total. The molecule has 1 amide bonds. The zero-order valence-electron chi connectivity index (χ0n) is 18.7. The highest BCUT2D eigenvalue weighted by atomic mass is 32.2. The molecule has 1 aliphatic rings. The van der Waals surface area contributed by atoms with Crippen molar-refractivity contribution in [2.75, 3.05) is 17.7 Å². The Balaban J connectivity index is 2.02. The molecular weight excluding hydrogens is 484 g/mol. The van der Waals surface area contributed by atoms with Crippen LogP contribution in [0.25, 0.3) is 0 Å². The van der Waals surface area contributed by atoms with Crippen molar-refractivity contribution in [1.29, 1.82) is 0 Å². The van der Waals surface area contributed by atoms with Crippen LogP contribution in [0.3, 0.4) is 0 Å². The number of halogens is 3. The summed E-state index contributed by atoms with van der Waals surface area (Å²) in [5.74, 6) is -1.28. The van der Waals surface area contributed by atoms with Crippen molar-refractivity contribution in [3.63, 3.8) is 0 Å². The number of hydrogen-bond acceptors (Lipinski definition) is 9. The number of pyridine rings is 1. The smallest absolute Gasteiger partial charge is 0.399 e. The van der Waals surface area contributed by atoms with Crippen LogP contribution in [0.2, 0.25) is 0 Å². The summed E-state index contributed by atoms with van der Waals surface area (Å²) in [5.41, 5.74) is -1.55. The van der Waals surface area contributed by atoms with Crippen molar-refractivity contribution in [1.82, 2.24) is 15.2 Å². The first-order valence-corrected chi connectivity index (χ1v) is 12.2. The van der Waals surface area contributed by atoms with Gasteiger partial charge in [-0.1, -0.05) is 18.3 Å². The molecule has 0 unspecified atom stereocenters. The Labute approximate surface area is 193 Å². The highest BCUT2D eigenvalue weighted by Gasteiger charge is 2.52. The lowest BCUT2D eigenvalue weighted by atomic mass is 9.80. The number of aromatic nitrogens is 3. The first kappa shape index (κ1) is 25.5. The van der Waals surface area contributed by atoms with E-state index in [9.17, 15) is 26.4 Å². The Morgan fingerprint density at radius 2 is 1.76 bits per heavy atom. The van der Waals surface area contributed by atoms with Gasteiger partial charge in [-0.05, 0) is 33.8 Å². The van der Waals surface area contributed by atoms with Crippen molar-refractivity contribution < 1.29 is 35.7 Å². The van der Waals surface area contributed by atoms with Crippen molar-refractivity contribution >= 4 is 44.8 Å². The molecule has 3 heterocycles. The van der Waals surface area contributed by atoms with E-state index in [0.717, 1.165) is 11.9 Å². The second-order valence-corrected chi connectivity index (χ2v) is 11.6. The van der Waals surface area contributed by atoms with Crippen LogP contribution in [-0.2, 0) is 25.3 Å². The van der Waals surface area contributed by atoms with Crippen LogP contribution in [0.1, 0.15) is 50.1 Å². The van der Waals surface area contributed by atoms with Crippen LogP contribution >= 0.6 is 11.3 Å². The third kappa shape index (κ3) is 4.77. The van der Waals surface area contributed by atoms with Crippen LogP contribution in [0.4, 0.5) is 18.3 Å². The lowest BCUT2D eigenvalue weighted by Crippen LogP contribution is -2.41. The van der Waals surface area contributed by atoms with E-state index < -0.39 is 50.9 Å². The fourth-order valence-electron chi connectivity index (χ4n) is 2.83. The van der Waals surface area contributed by atoms with Gasteiger partial charge in [0, 0.05) is 18.7 Å². The van der Waals surface area contributed by atoms with Gasteiger partial charge < -0.3 is 9.31 Å². The van der Waals surface area contributed by atoms with E-state index in [2.05, 4.69) is 15.2 Å². The second kappa shape index (κ2) is 8.29. The highest BCUT2D eigenvalue weighted by molar-refractivity contribution is 7.91. The van der Waals surface area contributed by atoms with E-state index in [-0.39, 0.29) is 32.6 Å². The van der Waals surface area contributed by atoms with Crippen molar-refractivity contribution in [3.8, 4) is 0 Å². The third-order valence-electron chi connectivity index (χ3n) is 5.57. The third-order valence-corrected chi connectivity index (χ3v) is 8.35. The fourth-order valence-corrected chi connectivity index (χ4v) is 4.57. The number of anilines is 1. The van der Waals surface area contributed by atoms with Gasteiger partial charge in [-0.25, -0.2) is 8.42 Å². The van der Waals surface area contributed by atoms with Crippen molar-refractivity contribution in [3.05, 3.63) is 23.0 Å². The van der Waals surface area contributed by atoms with Gasteiger partial charge >= 0.3 is 13.3 Å². The summed E-state index contributed by atoms with van der Waals surface area (Å²) >= 11 is 0.154. The van der Waals surface area contributed by atoms with Gasteiger partial charge in [0.2, 0.25) is 10.1 Å². The number of alkyl halides is 3. The maximum absolute atomic E-state index is 13.0. The second-order valence-electron chi connectivity index (χ2n) is 8.36. The van der Waals surface area contributed by atoms with Crippen molar-refractivity contribution in [2.45, 2.75) is 56.9 Å².